The molecule has 0 aliphatic rings. The zero-order chi connectivity index (χ0) is 34.6. The van der Waals surface area contributed by atoms with Gasteiger partial charge < -0.3 is 0 Å². The number of fused-ring (bicyclic) bond motifs is 13. The van der Waals surface area contributed by atoms with E-state index in [2.05, 4.69) is 168 Å². The van der Waals surface area contributed by atoms with Crippen LogP contribution in [0.25, 0.3) is 112 Å². The Morgan fingerprint density at radius 3 is 1.98 bits per heavy atom. The van der Waals surface area contributed by atoms with Crippen LogP contribution in [0.4, 0.5) is 0 Å². The van der Waals surface area contributed by atoms with Crippen LogP contribution in [0, 0.1) is 0 Å². The van der Waals surface area contributed by atoms with Crippen LogP contribution in [-0.2, 0) is 0 Å². The molecule has 4 heterocycles. The highest BCUT2D eigenvalue weighted by Gasteiger charge is 2.23. The van der Waals surface area contributed by atoms with E-state index >= 15 is 0 Å². The van der Waals surface area contributed by atoms with Gasteiger partial charge in [-0.15, -0.1) is 22.7 Å². The summed E-state index contributed by atoms with van der Waals surface area (Å²) in [6, 6.07) is 59.4. The van der Waals surface area contributed by atoms with Gasteiger partial charge in [0.15, 0.2) is 0 Å². The van der Waals surface area contributed by atoms with Crippen molar-refractivity contribution < 1.29 is 0 Å². The average Bonchev–Trinajstić information content (AvgIpc) is 3.90. The molecule has 0 spiro atoms. The van der Waals surface area contributed by atoms with Gasteiger partial charge in [0.05, 0.1) is 26.9 Å². The number of rotatable bonds is 3. The standard InChI is InChI=1S/C48H27N3S2/c1-2-13-30(14-3-1)43-47-44(37-17-8-9-20-39(37)53-47)50-48(49-43)51-45-33-16-7-5-12-29(33)21-24-36(45)35-19-10-18-34(46(35)51)31-23-25-40-38(27-31)42-32-15-6-4-11-28(32)22-26-41(42)52-40/h1-27H. The minimum absolute atomic E-state index is 0.678. The fraction of sp³-hybridized carbons (Fsp3) is 0. The summed E-state index contributed by atoms with van der Waals surface area (Å²) in [5.74, 6) is 0.678. The number of thiophene rings is 2. The van der Waals surface area contributed by atoms with Gasteiger partial charge in [0.25, 0.3) is 0 Å². The Morgan fingerprint density at radius 2 is 1.09 bits per heavy atom. The Labute approximate surface area is 311 Å². The predicted molar refractivity (Wildman–Crippen MR) is 228 cm³/mol. The molecule has 5 heteroatoms. The van der Waals surface area contributed by atoms with E-state index in [0.29, 0.717) is 5.95 Å². The number of hydrogen-bond acceptors (Lipinski definition) is 4. The van der Waals surface area contributed by atoms with Crippen LogP contribution in [-0.4, -0.2) is 14.5 Å². The van der Waals surface area contributed by atoms with Crippen molar-refractivity contribution in [2.24, 2.45) is 0 Å². The normalized spacial score (nSPS) is 12.2. The molecule has 246 valence electrons. The predicted octanol–water partition coefficient (Wildman–Crippen LogP) is 13.9. The second-order valence-electron chi connectivity index (χ2n) is 13.7. The Balaban J connectivity index is 1.24. The van der Waals surface area contributed by atoms with E-state index in [1.165, 1.54) is 62.8 Å². The lowest BCUT2D eigenvalue weighted by molar-refractivity contribution is 1.02. The van der Waals surface area contributed by atoms with Gasteiger partial charge in [-0.25, -0.2) is 9.97 Å². The lowest BCUT2D eigenvalue weighted by Crippen LogP contribution is -2.04. The highest BCUT2D eigenvalue weighted by Crippen LogP contribution is 2.45. The van der Waals surface area contributed by atoms with Crippen molar-refractivity contribution in [2.75, 3.05) is 0 Å². The summed E-state index contributed by atoms with van der Waals surface area (Å²) >= 11 is 3.64. The Hall–Kier alpha value is -6.40. The first-order valence-corrected chi connectivity index (χ1v) is 19.5. The Bertz CT molecular complexity index is 3460. The number of hydrogen-bond donors (Lipinski definition) is 0. The lowest BCUT2D eigenvalue weighted by Gasteiger charge is -2.13. The van der Waals surface area contributed by atoms with Gasteiger partial charge in [0.2, 0.25) is 5.95 Å². The molecule has 0 aliphatic heterocycles. The highest BCUT2D eigenvalue weighted by molar-refractivity contribution is 7.26. The van der Waals surface area contributed by atoms with Crippen LogP contribution in [0.2, 0.25) is 0 Å². The third-order valence-electron chi connectivity index (χ3n) is 10.8. The maximum Gasteiger partial charge on any atom is 0.235 e. The zero-order valence-corrected chi connectivity index (χ0v) is 29.9. The van der Waals surface area contributed by atoms with Gasteiger partial charge in [0.1, 0.15) is 0 Å². The number of para-hydroxylation sites is 1. The van der Waals surface area contributed by atoms with E-state index in [1.54, 1.807) is 11.3 Å². The van der Waals surface area contributed by atoms with Gasteiger partial charge in [-0.2, -0.15) is 0 Å². The summed E-state index contributed by atoms with van der Waals surface area (Å²) in [6.07, 6.45) is 0. The van der Waals surface area contributed by atoms with E-state index in [-0.39, 0.29) is 0 Å². The molecule has 0 radical (unpaired) electrons. The van der Waals surface area contributed by atoms with Crippen molar-refractivity contribution >= 4 is 106 Å². The molecule has 0 bridgehead atoms. The van der Waals surface area contributed by atoms with Gasteiger partial charge in [-0.3, -0.25) is 4.57 Å². The maximum absolute atomic E-state index is 5.53. The largest absolute Gasteiger partial charge is 0.277 e. The second-order valence-corrected chi connectivity index (χ2v) is 15.8. The molecule has 0 saturated carbocycles. The van der Waals surface area contributed by atoms with Crippen molar-refractivity contribution in [3.05, 3.63) is 164 Å². The molecule has 0 atom stereocenters. The first-order chi connectivity index (χ1) is 26.3. The molecule has 4 aromatic heterocycles. The summed E-state index contributed by atoms with van der Waals surface area (Å²) in [4.78, 5) is 11.0. The number of benzene rings is 8. The Kier molecular flexibility index (Phi) is 6.09. The second kappa shape index (κ2) is 11.1. The molecular weight excluding hydrogens is 683 g/mol. The molecule has 0 saturated heterocycles. The smallest absolute Gasteiger partial charge is 0.235 e. The molecule has 53 heavy (non-hydrogen) atoms. The van der Waals surface area contributed by atoms with Crippen LogP contribution in [0.1, 0.15) is 0 Å². The summed E-state index contributed by atoms with van der Waals surface area (Å²) in [5.41, 5.74) is 7.59. The van der Waals surface area contributed by atoms with E-state index < -0.39 is 0 Å². The molecular formula is C48H27N3S2. The van der Waals surface area contributed by atoms with E-state index in [4.69, 9.17) is 9.97 Å². The topological polar surface area (TPSA) is 30.7 Å². The van der Waals surface area contributed by atoms with Gasteiger partial charge in [-0.05, 0) is 46.0 Å². The van der Waals surface area contributed by atoms with E-state index in [0.717, 1.165) is 43.5 Å². The van der Waals surface area contributed by atoms with Gasteiger partial charge in [0, 0.05) is 57.5 Å². The minimum Gasteiger partial charge on any atom is -0.277 e. The summed E-state index contributed by atoms with van der Waals surface area (Å²) in [6.45, 7) is 0. The fourth-order valence-electron chi connectivity index (χ4n) is 8.45. The van der Waals surface area contributed by atoms with Crippen LogP contribution >= 0.6 is 22.7 Å². The van der Waals surface area contributed by atoms with Crippen molar-refractivity contribution in [2.45, 2.75) is 0 Å². The molecule has 8 aromatic carbocycles. The van der Waals surface area contributed by atoms with Crippen LogP contribution in [0.5, 0.6) is 0 Å². The van der Waals surface area contributed by atoms with Crippen LogP contribution in [0.15, 0.2) is 164 Å². The highest BCUT2D eigenvalue weighted by atomic mass is 32.1. The van der Waals surface area contributed by atoms with E-state index in [1.807, 2.05) is 11.3 Å². The molecule has 0 N–H and O–H groups in total. The summed E-state index contributed by atoms with van der Waals surface area (Å²) in [7, 11) is 0. The van der Waals surface area contributed by atoms with Crippen molar-refractivity contribution in [3.63, 3.8) is 0 Å². The average molecular weight is 710 g/mol. The molecule has 0 unspecified atom stereocenters. The molecule has 0 aliphatic carbocycles. The SMILES string of the molecule is c1ccc(-c2nc(-n3c4c(-c5ccc6sc7ccc8ccccc8c7c6c5)cccc4c4ccc5ccccc5c43)nc3c2sc2ccccc23)cc1. The van der Waals surface area contributed by atoms with Crippen molar-refractivity contribution in [3.8, 4) is 28.3 Å². The lowest BCUT2D eigenvalue weighted by atomic mass is 9.98. The molecule has 0 fully saturated rings. The van der Waals surface area contributed by atoms with Crippen molar-refractivity contribution in [1.29, 1.82) is 0 Å². The summed E-state index contributed by atoms with van der Waals surface area (Å²) < 4.78 is 7.28. The number of nitrogens with zero attached hydrogens (tertiary/aromatic N) is 3. The molecule has 0 amide bonds. The first kappa shape index (κ1) is 29.2. The minimum atomic E-state index is 0.678. The van der Waals surface area contributed by atoms with Crippen LogP contribution < -0.4 is 0 Å². The third kappa shape index (κ3) is 4.20. The molecule has 3 nitrogen and oxygen atoms in total. The zero-order valence-electron chi connectivity index (χ0n) is 28.2. The fourth-order valence-corrected chi connectivity index (χ4v) is 10.7. The third-order valence-corrected chi connectivity index (χ3v) is 13.1. The van der Waals surface area contributed by atoms with Crippen molar-refractivity contribution in [1.82, 2.24) is 14.5 Å². The van der Waals surface area contributed by atoms with E-state index in [9.17, 15) is 0 Å². The first-order valence-electron chi connectivity index (χ1n) is 17.8. The summed E-state index contributed by atoms with van der Waals surface area (Å²) in [5, 5.41) is 11.1. The molecule has 12 aromatic rings. The number of aromatic nitrogens is 3. The van der Waals surface area contributed by atoms with Crippen LogP contribution in [0.3, 0.4) is 0 Å². The monoisotopic (exact) mass is 709 g/mol. The maximum atomic E-state index is 5.53. The quantitative estimate of drug-likeness (QED) is 0.183. The molecule has 12 rings (SSSR count). The van der Waals surface area contributed by atoms with Gasteiger partial charge in [-0.1, -0.05) is 140 Å². The Morgan fingerprint density at radius 1 is 0.415 bits per heavy atom. The van der Waals surface area contributed by atoms with Gasteiger partial charge >= 0.3 is 0 Å².